The highest BCUT2D eigenvalue weighted by Crippen LogP contribution is 2.20. The second-order valence-corrected chi connectivity index (χ2v) is 6.85. The van der Waals surface area contributed by atoms with Gasteiger partial charge in [0.2, 0.25) is 11.8 Å². The second-order valence-electron chi connectivity index (χ2n) is 5.86. The maximum atomic E-state index is 11.9. The first-order valence-corrected chi connectivity index (χ1v) is 9.34. The topological polar surface area (TPSA) is 71.3 Å². The summed E-state index contributed by atoms with van der Waals surface area (Å²) in [7, 11) is 0. The summed E-state index contributed by atoms with van der Waals surface area (Å²) >= 11 is 1.48. The maximum absolute atomic E-state index is 11.9. The molecule has 0 aliphatic carbocycles. The number of carbonyl (C=O) groups excluding carboxylic acids is 1. The van der Waals surface area contributed by atoms with Crippen molar-refractivity contribution in [1.82, 2.24) is 15.5 Å². The average molecular weight is 346 g/mol. The van der Waals surface area contributed by atoms with Crippen LogP contribution in [0.4, 0.5) is 5.69 Å². The quantitative estimate of drug-likeness (QED) is 0.831. The number of carbonyl (C=O) groups is 1. The summed E-state index contributed by atoms with van der Waals surface area (Å²) in [6.45, 7) is 4.60. The van der Waals surface area contributed by atoms with Crippen molar-refractivity contribution in [1.29, 1.82) is 0 Å². The standard InChI is InChI=1S/C17H22N4O2S/c1-13-19-16(20-23-13)11-24-12-17(22)18-10-14-4-6-15(7-5-14)21-8-2-3-9-21/h4-7H,2-3,8-12H2,1H3,(H,18,22). The van der Waals surface area contributed by atoms with Crippen LogP contribution in [0.2, 0.25) is 0 Å². The first-order valence-electron chi connectivity index (χ1n) is 8.18. The van der Waals surface area contributed by atoms with Gasteiger partial charge < -0.3 is 14.7 Å². The van der Waals surface area contributed by atoms with E-state index in [2.05, 4.69) is 44.6 Å². The van der Waals surface area contributed by atoms with Crippen LogP contribution in [0.1, 0.15) is 30.1 Å². The molecule has 2 aromatic rings. The van der Waals surface area contributed by atoms with E-state index >= 15 is 0 Å². The average Bonchev–Trinajstić information content (AvgIpc) is 3.25. The third-order valence-corrected chi connectivity index (χ3v) is 4.86. The first-order chi connectivity index (χ1) is 11.7. The molecule has 0 radical (unpaired) electrons. The van der Waals surface area contributed by atoms with Crippen LogP contribution >= 0.6 is 11.8 Å². The minimum Gasteiger partial charge on any atom is -0.372 e. The summed E-state index contributed by atoms with van der Waals surface area (Å²) in [5, 5.41) is 6.75. The molecule has 1 amide bonds. The minimum absolute atomic E-state index is 0.0174. The van der Waals surface area contributed by atoms with Crippen LogP contribution in [-0.2, 0) is 17.1 Å². The normalized spacial score (nSPS) is 14.1. The number of amides is 1. The summed E-state index contributed by atoms with van der Waals surface area (Å²) in [6, 6.07) is 8.45. The molecule has 1 fully saturated rings. The molecule has 0 bridgehead atoms. The van der Waals surface area contributed by atoms with Gasteiger partial charge in [-0.1, -0.05) is 17.3 Å². The zero-order valence-corrected chi connectivity index (χ0v) is 14.6. The Balaban J connectivity index is 1.37. The van der Waals surface area contributed by atoms with Crippen molar-refractivity contribution >= 4 is 23.4 Å². The van der Waals surface area contributed by atoms with E-state index in [1.165, 1.54) is 30.3 Å². The molecule has 7 heteroatoms. The zero-order chi connectivity index (χ0) is 16.8. The van der Waals surface area contributed by atoms with Crippen LogP contribution in [0.15, 0.2) is 28.8 Å². The van der Waals surface area contributed by atoms with Gasteiger partial charge in [-0.3, -0.25) is 4.79 Å². The van der Waals surface area contributed by atoms with Crippen molar-refractivity contribution in [3.8, 4) is 0 Å². The summed E-state index contributed by atoms with van der Waals surface area (Å²) in [5.74, 6) is 2.16. The molecule has 1 saturated heterocycles. The fourth-order valence-corrected chi connectivity index (χ4v) is 3.38. The summed E-state index contributed by atoms with van der Waals surface area (Å²) in [5.41, 5.74) is 2.39. The molecule has 2 heterocycles. The largest absolute Gasteiger partial charge is 0.372 e. The van der Waals surface area contributed by atoms with Gasteiger partial charge in [0, 0.05) is 32.2 Å². The number of rotatable bonds is 7. The molecule has 1 aliphatic rings. The van der Waals surface area contributed by atoms with Gasteiger partial charge in [0.1, 0.15) is 0 Å². The van der Waals surface area contributed by atoms with Gasteiger partial charge in [-0.25, -0.2) is 0 Å². The number of nitrogens with zero attached hydrogens (tertiary/aromatic N) is 3. The number of hydrogen-bond acceptors (Lipinski definition) is 6. The lowest BCUT2D eigenvalue weighted by atomic mass is 10.2. The number of aromatic nitrogens is 2. The van der Waals surface area contributed by atoms with Crippen molar-refractivity contribution in [3.63, 3.8) is 0 Å². The van der Waals surface area contributed by atoms with E-state index in [-0.39, 0.29) is 5.91 Å². The summed E-state index contributed by atoms with van der Waals surface area (Å²) in [6.07, 6.45) is 2.55. The third-order valence-electron chi connectivity index (χ3n) is 3.93. The molecular formula is C17H22N4O2S. The maximum Gasteiger partial charge on any atom is 0.230 e. The number of nitrogens with one attached hydrogen (secondary N) is 1. The lowest BCUT2D eigenvalue weighted by Crippen LogP contribution is -2.24. The molecular weight excluding hydrogens is 324 g/mol. The van der Waals surface area contributed by atoms with E-state index in [0.717, 1.165) is 18.7 Å². The molecule has 1 aromatic carbocycles. The van der Waals surface area contributed by atoms with Crippen molar-refractivity contribution in [3.05, 3.63) is 41.5 Å². The van der Waals surface area contributed by atoms with Gasteiger partial charge in [-0.2, -0.15) is 4.98 Å². The van der Waals surface area contributed by atoms with E-state index < -0.39 is 0 Å². The number of hydrogen-bond donors (Lipinski definition) is 1. The Morgan fingerprint density at radius 2 is 2.04 bits per heavy atom. The van der Waals surface area contributed by atoms with Gasteiger partial charge in [-0.15, -0.1) is 11.8 Å². The minimum atomic E-state index is 0.0174. The molecule has 1 aromatic heterocycles. The Bertz CT molecular complexity index is 665. The monoisotopic (exact) mass is 346 g/mol. The fourth-order valence-electron chi connectivity index (χ4n) is 2.69. The molecule has 0 unspecified atom stereocenters. The highest BCUT2D eigenvalue weighted by atomic mass is 32.2. The molecule has 0 atom stereocenters. The number of aryl methyl sites for hydroxylation is 1. The lowest BCUT2D eigenvalue weighted by molar-refractivity contribution is -0.118. The molecule has 24 heavy (non-hydrogen) atoms. The Morgan fingerprint density at radius 3 is 2.71 bits per heavy atom. The van der Waals surface area contributed by atoms with Crippen LogP contribution in [0.3, 0.4) is 0 Å². The van der Waals surface area contributed by atoms with E-state index in [1.807, 2.05) is 0 Å². The lowest BCUT2D eigenvalue weighted by Gasteiger charge is -2.17. The smallest absolute Gasteiger partial charge is 0.230 e. The van der Waals surface area contributed by atoms with E-state index in [9.17, 15) is 4.79 Å². The SMILES string of the molecule is Cc1nc(CSCC(=O)NCc2ccc(N3CCCC3)cc2)no1. The highest BCUT2D eigenvalue weighted by Gasteiger charge is 2.12. The van der Waals surface area contributed by atoms with Crippen molar-refractivity contribution in [2.45, 2.75) is 32.1 Å². The van der Waals surface area contributed by atoms with Crippen molar-refractivity contribution in [2.24, 2.45) is 0 Å². The Labute approximate surface area is 146 Å². The van der Waals surface area contributed by atoms with Crippen molar-refractivity contribution in [2.75, 3.05) is 23.7 Å². The molecule has 128 valence electrons. The predicted molar refractivity (Wildman–Crippen MR) is 94.9 cm³/mol. The molecule has 1 aliphatic heterocycles. The number of benzene rings is 1. The van der Waals surface area contributed by atoms with Gasteiger partial charge in [0.05, 0.1) is 11.5 Å². The van der Waals surface area contributed by atoms with Crippen LogP contribution in [0.25, 0.3) is 0 Å². The number of thioether (sulfide) groups is 1. The molecule has 6 nitrogen and oxygen atoms in total. The highest BCUT2D eigenvalue weighted by molar-refractivity contribution is 7.99. The van der Waals surface area contributed by atoms with Crippen LogP contribution in [0.5, 0.6) is 0 Å². The van der Waals surface area contributed by atoms with Crippen LogP contribution < -0.4 is 10.2 Å². The fraction of sp³-hybridized carbons (Fsp3) is 0.471. The first kappa shape index (κ1) is 16.8. The van der Waals surface area contributed by atoms with E-state index in [4.69, 9.17) is 4.52 Å². The Morgan fingerprint density at radius 1 is 1.29 bits per heavy atom. The molecule has 0 spiro atoms. The Hall–Kier alpha value is -2.02. The van der Waals surface area contributed by atoms with Gasteiger partial charge in [0.25, 0.3) is 0 Å². The Kier molecular flexibility index (Phi) is 5.74. The zero-order valence-electron chi connectivity index (χ0n) is 13.8. The van der Waals surface area contributed by atoms with Crippen LogP contribution in [0, 0.1) is 6.92 Å². The van der Waals surface area contributed by atoms with E-state index in [0.29, 0.717) is 29.8 Å². The molecule has 3 rings (SSSR count). The summed E-state index contributed by atoms with van der Waals surface area (Å²) in [4.78, 5) is 18.4. The molecule has 0 saturated carbocycles. The predicted octanol–water partition coefficient (Wildman–Crippen LogP) is 2.53. The van der Waals surface area contributed by atoms with Gasteiger partial charge in [0.15, 0.2) is 5.82 Å². The molecule has 1 N–H and O–H groups in total. The third kappa shape index (κ3) is 4.74. The van der Waals surface area contributed by atoms with Gasteiger partial charge >= 0.3 is 0 Å². The summed E-state index contributed by atoms with van der Waals surface area (Å²) < 4.78 is 4.90. The second kappa shape index (κ2) is 8.19. The van der Waals surface area contributed by atoms with E-state index in [1.54, 1.807) is 6.92 Å². The van der Waals surface area contributed by atoms with Gasteiger partial charge in [-0.05, 0) is 30.5 Å². The van der Waals surface area contributed by atoms with Crippen LogP contribution in [-0.4, -0.2) is 34.9 Å². The van der Waals surface area contributed by atoms with Crippen molar-refractivity contribution < 1.29 is 9.32 Å². The number of anilines is 1.